The van der Waals surface area contributed by atoms with Crippen LogP contribution in [0.5, 0.6) is 5.75 Å². The van der Waals surface area contributed by atoms with Crippen LogP contribution in [0.4, 0.5) is 0 Å². The lowest BCUT2D eigenvalue weighted by Gasteiger charge is -2.26. The normalized spacial score (nSPS) is 28.6. The van der Waals surface area contributed by atoms with Crippen LogP contribution in [0.25, 0.3) is 0 Å². The first-order valence-corrected chi connectivity index (χ1v) is 6.13. The van der Waals surface area contributed by atoms with Crippen LogP contribution in [0.3, 0.4) is 0 Å². The summed E-state index contributed by atoms with van der Waals surface area (Å²) in [4.78, 5) is 0. The summed E-state index contributed by atoms with van der Waals surface area (Å²) in [7, 11) is 0. The summed E-state index contributed by atoms with van der Waals surface area (Å²) >= 11 is 0. The minimum Gasteiger partial charge on any atom is -0.491 e. The smallest absolute Gasteiger partial charge is 0.119 e. The van der Waals surface area contributed by atoms with Crippen LogP contribution in [-0.2, 0) is 10.3 Å². The van der Waals surface area contributed by atoms with Crippen molar-refractivity contribution in [3.63, 3.8) is 0 Å². The predicted octanol–water partition coefficient (Wildman–Crippen LogP) is 2.47. The molecule has 2 unspecified atom stereocenters. The number of ether oxygens (including phenoxy) is 2. The molecule has 1 aliphatic rings. The lowest BCUT2D eigenvalue weighted by molar-refractivity contribution is -0.0317. The summed E-state index contributed by atoms with van der Waals surface area (Å²) < 4.78 is 11.0. The number of benzene rings is 1. The topological polar surface area (TPSA) is 38.7 Å². The van der Waals surface area contributed by atoms with Crippen molar-refractivity contribution in [1.29, 1.82) is 0 Å². The average molecular weight is 236 g/mol. The van der Waals surface area contributed by atoms with Crippen LogP contribution >= 0.6 is 0 Å². The molecule has 17 heavy (non-hydrogen) atoms. The van der Waals surface area contributed by atoms with Crippen molar-refractivity contribution >= 4 is 0 Å². The van der Waals surface area contributed by atoms with Crippen molar-refractivity contribution < 1.29 is 14.6 Å². The third-order valence-electron chi connectivity index (χ3n) is 3.25. The van der Waals surface area contributed by atoms with Crippen LogP contribution in [0.15, 0.2) is 24.3 Å². The van der Waals surface area contributed by atoms with Gasteiger partial charge in [0.15, 0.2) is 0 Å². The first-order chi connectivity index (χ1) is 8.02. The lowest BCUT2D eigenvalue weighted by Crippen LogP contribution is -2.32. The van der Waals surface area contributed by atoms with Crippen molar-refractivity contribution in [2.24, 2.45) is 0 Å². The molecule has 0 aromatic heterocycles. The molecular weight excluding hydrogens is 216 g/mol. The van der Waals surface area contributed by atoms with Gasteiger partial charge in [-0.2, -0.15) is 0 Å². The molecule has 3 heteroatoms. The van der Waals surface area contributed by atoms with E-state index in [0.29, 0.717) is 13.0 Å². The maximum absolute atomic E-state index is 10.5. The van der Waals surface area contributed by atoms with E-state index in [1.165, 1.54) is 0 Å². The second kappa shape index (κ2) is 4.67. The first-order valence-electron chi connectivity index (χ1n) is 6.13. The molecule has 1 saturated heterocycles. The van der Waals surface area contributed by atoms with Gasteiger partial charge < -0.3 is 14.6 Å². The fourth-order valence-electron chi connectivity index (χ4n) is 2.21. The summed E-state index contributed by atoms with van der Waals surface area (Å²) in [5, 5.41) is 10.5. The van der Waals surface area contributed by atoms with E-state index in [4.69, 9.17) is 9.47 Å². The van der Waals surface area contributed by atoms with Crippen molar-refractivity contribution in [3.05, 3.63) is 29.8 Å². The zero-order valence-corrected chi connectivity index (χ0v) is 10.6. The molecule has 0 aliphatic carbocycles. The van der Waals surface area contributed by atoms with Gasteiger partial charge in [-0.3, -0.25) is 0 Å². The van der Waals surface area contributed by atoms with E-state index in [0.717, 1.165) is 11.3 Å². The van der Waals surface area contributed by atoms with Crippen LogP contribution in [0.2, 0.25) is 0 Å². The third kappa shape index (κ3) is 2.45. The minimum absolute atomic E-state index is 0.153. The molecule has 1 N–H and O–H groups in total. The van der Waals surface area contributed by atoms with Crippen LogP contribution in [0, 0.1) is 0 Å². The first kappa shape index (κ1) is 12.4. The van der Waals surface area contributed by atoms with Crippen molar-refractivity contribution in [2.75, 3.05) is 6.61 Å². The fraction of sp³-hybridized carbons (Fsp3) is 0.571. The van der Waals surface area contributed by atoms with Crippen LogP contribution < -0.4 is 4.74 Å². The van der Waals surface area contributed by atoms with E-state index >= 15 is 0 Å². The minimum atomic E-state index is -0.851. The Morgan fingerprint density at radius 2 is 2.00 bits per heavy atom. The summed E-state index contributed by atoms with van der Waals surface area (Å²) in [6, 6.07) is 7.64. The summed E-state index contributed by atoms with van der Waals surface area (Å²) in [6.45, 7) is 6.51. The molecule has 1 aromatic rings. The average Bonchev–Trinajstić information content (AvgIpc) is 2.60. The Labute approximate surface area is 102 Å². The van der Waals surface area contributed by atoms with E-state index < -0.39 is 5.60 Å². The molecule has 0 radical (unpaired) electrons. The highest BCUT2D eigenvalue weighted by molar-refractivity contribution is 5.32. The molecule has 0 spiro atoms. The second-order valence-corrected chi connectivity index (χ2v) is 4.88. The Kier molecular flexibility index (Phi) is 3.40. The van der Waals surface area contributed by atoms with Gasteiger partial charge in [0.2, 0.25) is 0 Å². The van der Waals surface area contributed by atoms with Crippen LogP contribution in [-0.4, -0.2) is 23.9 Å². The number of hydrogen-bond donors (Lipinski definition) is 1. The Morgan fingerprint density at radius 1 is 1.35 bits per heavy atom. The standard InChI is InChI=1S/C14H20O3/c1-10(2)17-13-6-4-12(5-7-13)14(15)8-9-16-11(14)3/h4-7,10-11,15H,8-9H2,1-3H3. The van der Waals surface area contributed by atoms with E-state index in [-0.39, 0.29) is 12.2 Å². The Bertz CT molecular complexity index is 372. The molecule has 2 rings (SSSR count). The molecule has 0 bridgehead atoms. The molecule has 2 atom stereocenters. The summed E-state index contributed by atoms with van der Waals surface area (Å²) in [6.07, 6.45) is 0.662. The van der Waals surface area contributed by atoms with Crippen LogP contribution in [0.1, 0.15) is 32.8 Å². The Hall–Kier alpha value is -1.06. The molecule has 94 valence electrons. The van der Waals surface area contributed by atoms with E-state index in [1.54, 1.807) is 0 Å². The molecular formula is C14H20O3. The molecule has 1 fully saturated rings. The maximum atomic E-state index is 10.5. The van der Waals surface area contributed by atoms with E-state index in [9.17, 15) is 5.11 Å². The van der Waals surface area contributed by atoms with E-state index in [1.807, 2.05) is 45.0 Å². The zero-order chi connectivity index (χ0) is 12.5. The van der Waals surface area contributed by atoms with E-state index in [2.05, 4.69) is 0 Å². The number of hydrogen-bond acceptors (Lipinski definition) is 3. The monoisotopic (exact) mass is 236 g/mol. The second-order valence-electron chi connectivity index (χ2n) is 4.88. The zero-order valence-electron chi connectivity index (χ0n) is 10.6. The van der Waals surface area contributed by atoms with Crippen molar-refractivity contribution in [3.8, 4) is 5.75 Å². The van der Waals surface area contributed by atoms with Gasteiger partial charge in [-0.1, -0.05) is 12.1 Å². The molecule has 0 amide bonds. The van der Waals surface area contributed by atoms with Gasteiger partial charge in [-0.25, -0.2) is 0 Å². The highest BCUT2D eigenvalue weighted by Crippen LogP contribution is 2.36. The van der Waals surface area contributed by atoms with Gasteiger partial charge >= 0.3 is 0 Å². The number of rotatable bonds is 3. The van der Waals surface area contributed by atoms with Gasteiger partial charge in [-0.05, 0) is 38.5 Å². The highest BCUT2D eigenvalue weighted by atomic mass is 16.5. The fourth-order valence-corrected chi connectivity index (χ4v) is 2.21. The van der Waals surface area contributed by atoms with Crippen molar-refractivity contribution in [1.82, 2.24) is 0 Å². The molecule has 1 aromatic carbocycles. The molecule has 1 aliphatic heterocycles. The van der Waals surface area contributed by atoms with Gasteiger partial charge in [0.05, 0.1) is 18.8 Å². The Morgan fingerprint density at radius 3 is 2.47 bits per heavy atom. The molecule has 0 saturated carbocycles. The lowest BCUT2D eigenvalue weighted by atomic mass is 9.88. The third-order valence-corrected chi connectivity index (χ3v) is 3.25. The number of aliphatic hydroxyl groups is 1. The van der Waals surface area contributed by atoms with Gasteiger partial charge in [0.1, 0.15) is 11.4 Å². The summed E-state index contributed by atoms with van der Waals surface area (Å²) in [5.74, 6) is 0.832. The maximum Gasteiger partial charge on any atom is 0.119 e. The molecule has 1 heterocycles. The van der Waals surface area contributed by atoms with Gasteiger partial charge in [0, 0.05) is 6.42 Å². The largest absolute Gasteiger partial charge is 0.491 e. The Balaban J connectivity index is 2.17. The summed E-state index contributed by atoms with van der Waals surface area (Å²) in [5.41, 5.74) is 0.0507. The highest BCUT2D eigenvalue weighted by Gasteiger charge is 2.40. The quantitative estimate of drug-likeness (QED) is 0.876. The molecule has 3 nitrogen and oxygen atoms in total. The SMILES string of the molecule is CC(C)Oc1ccc(C2(O)CCOC2C)cc1. The van der Waals surface area contributed by atoms with Gasteiger partial charge in [0.25, 0.3) is 0 Å². The predicted molar refractivity (Wildman–Crippen MR) is 66.1 cm³/mol. The van der Waals surface area contributed by atoms with Gasteiger partial charge in [-0.15, -0.1) is 0 Å². The van der Waals surface area contributed by atoms with Crippen molar-refractivity contribution in [2.45, 2.75) is 45.0 Å².